The Labute approximate surface area is 161 Å². The molecule has 0 radical (unpaired) electrons. The number of aliphatic hydroxyl groups is 1. The van der Waals surface area contributed by atoms with Crippen molar-refractivity contribution in [1.82, 2.24) is 10.2 Å². The smallest absolute Gasteiger partial charge is 0.328 e. The molecule has 1 aromatic carbocycles. The lowest BCUT2D eigenvalue weighted by Gasteiger charge is -2.41. The van der Waals surface area contributed by atoms with Gasteiger partial charge in [0.2, 0.25) is 6.41 Å². The first-order chi connectivity index (χ1) is 12.8. The number of rotatable bonds is 6. The average molecular weight is 376 g/mol. The van der Waals surface area contributed by atoms with Crippen LogP contribution in [-0.2, 0) is 14.3 Å². The summed E-state index contributed by atoms with van der Waals surface area (Å²) in [6.07, 6.45) is 2.01. The molecule has 0 spiro atoms. The molecule has 2 bridgehead atoms. The highest BCUT2D eigenvalue weighted by molar-refractivity contribution is 5.77. The van der Waals surface area contributed by atoms with E-state index in [0.29, 0.717) is 5.92 Å². The maximum absolute atomic E-state index is 13.0. The van der Waals surface area contributed by atoms with E-state index in [-0.39, 0.29) is 12.1 Å². The van der Waals surface area contributed by atoms with Crippen LogP contribution < -0.4 is 5.32 Å². The zero-order chi connectivity index (χ0) is 19.4. The normalized spacial score (nSPS) is 27.6. The average Bonchev–Trinajstić information content (AvgIpc) is 2.58. The number of esters is 1. The highest BCUT2D eigenvalue weighted by atomic mass is 16.6. The van der Waals surface area contributed by atoms with Crippen LogP contribution in [-0.4, -0.2) is 53.7 Å². The van der Waals surface area contributed by atoms with Gasteiger partial charge in [0.1, 0.15) is 12.1 Å². The van der Waals surface area contributed by atoms with Crippen molar-refractivity contribution in [3.63, 3.8) is 0 Å². The van der Waals surface area contributed by atoms with E-state index in [4.69, 9.17) is 9.47 Å². The third-order valence-corrected chi connectivity index (χ3v) is 5.09. The predicted molar refractivity (Wildman–Crippen MR) is 103 cm³/mol. The van der Waals surface area contributed by atoms with Gasteiger partial charge >= 0.3 is 5.97 Å². The monoisotopic (exact) mass is 376 g/mol. The van der Waals surface area contributed by atoms with Gasteiger partial charge in [-0.05, 0) is 58.1 Å². The van der Waals surface area contributed by atoms with Crippen molar-refractivity contribution in [3.05, 3.63) is 35.9 Å². The summed E-state index contributed by atoms with van der Waals surface area (Å²) >= 11 is 0. The molecule has 3 rings (SSSR count). The lowest BCUT2D eigenvalue weighted by Crippen LogP contribution is -2.49. The van der Waals surface area contributed by atoms with Gasteiger partial charge in [-0.2, -0.15) is 0 Å². The second-order valence-corrected chi connectivity index (χ2v) is 8.66. The first-order valence-electron chi connectivity index (χ1n) is 9.90. The summed E-state index contributed by atoms with van der Waals surface area (Å²) in [5.41, 5.74) is 0.210. The van der Waals surface area contributed by atoms with Gasteiger partial charge in [-0.1, -0.05) is 30.3 Å². The first-order valence-corrected chi connectivity index (χ1v) is 9.90. The minimum atomic E-state index is -1.27. The molecular formula is C21H32N2O4. The van der Waals surface area contributed by atoms with Gasteiger partial charge in [0, 0.05) is 13.1 Å². The highest BCUT2D eigenvalue weighted by Gasteiger charge is 2.34. The van der Waals surface area contributed by atoms with Crippen molar-refractivity contribution in [2.75, 3.05) is 19.6 Å². The maximum Gasteiger partial charge on any atom is 0.328 e. The van der Waals surface area contributed by atoms with Gasteiger partial charge in [-0.3, -0.25) is 10.2 Å². The minimum absolute atomic E-state index is 0.0924. The predicted octanol–water partition coefficient (Wildman–Crippen LogP) is 2.44. The maximum atomic E-state index is 13.0. The molecule has 2 aliphatic rings. The molecule has 0 saturated carbocycles. The van der Waals surface area contributed by atoms with E-state index in [1.54, 1.807) is 0 Å². The lowest BCUT2D eigenvalue weighted by molar-refractivity contribution is -0.192. The Morgan fingerprint density at radius 3 is 2.67 bits per heavy atom. The number of fused-ring (bicyclic) bond motifs is 2. The van der Waals surface area contributed by atoms with Crippen LogP contribution in [0.5, 0.6) is 0 Å². The van der Waals surface area contributed by atoms with E-state index in [1.165, 1.54) is 12.8 Å². The molecule has 3 unspecified atom stereocenters. The van der Waals surface area contributed by atoms with Crippen LogP contribution in [0.2, 0.25) is 0 Å². The number of ether oxygens (including phenoxy) is 2. The van der Waals surface area contributed by atoms with Crippen molar-refractivity contribution < 1.29 is 19.4 Å². The van der Waals surface area contributed by atoms with Crippen LogP contribution in [0, 0.1) is 5.92 Å². The zero-order valence-electron chi connectivity index (χ0n) is 16.6. The molecule has 0 amide bonds. The van der Waals surface area contributed by atoms with Gasteiger partial charge in [-0.15, -0.1) is 0 Å². The zero-order valence-corrected chi connectivity index (χ0v) is 16.6. The Morgan fingerprint density at radius 1 is 1.26 bits per heavy atom. The van der Waals surface area contributed by atoms with E-state index in [1.807, 2.05) is 51.1 Å². The van der Waals surface area contributed by atoms with Crippen LogP contribution in [0.25, 0.3) is 0 Å². The Kier molecular flexibility index (Phi) is 6.52. The number of aliphatic hydroxyl groups excluding tert-OH is 1. The molecule has 150 valence electrons. The van der Waals surface area contributed by atoms with Crippen molar-refractivity contribution in [3.8, 4) is 0 Å². The van der Waals surface area contributed by atoms with Crippen LogP contribution in [0.15, 0.2) is 30.3 Å². The quantitative estimate of drug-likeness (QED) is 0.587. The van der Waals surface area contributed by atoms with Gasteiger partial charge in [0.15, 0.2) is 0 Å². The summed E-state index contributed by atoms with van der Waals surface area (Å²) in [7, 11) is 0. The summed E-state index contributed by atoms with van der Waals surface area (Å²) in [6.45, 7) is 8.55. The van der Waals surface area contributed by atoms with Crippen LogP contribution >= 0.6 is 0 Å². The third kappa shape index (κ3) is 6.01. The lowest BCUT2D eigenvalue weighted by atomic mass is 9.88. The second kappa shape index (κ2) is 8.69. The molecule has 27 heavy (non-hydrogen) atoms. The first kappa shape index (κ1) is 20.3. The summed E-state index contributed by atoms with van der Waals surface area (Å²) < 4.78 is 11.4. The van der Waals surface area contributed by atoms with Crippen LogP contribution in [0.3, 0.4) is 0 Å². The Morgan fingerprint density at radius 2 is 2.00 bits per heavy atom. The van der Waals surface area contributed by atoms with Crippen LogP contribution in [0.1, 0.15) is 51.6 Å². The van der Waals surface area contributed by atoms with Gasteiger partial charge in [-0.25, -0.2) is 4.79 Å². The largest absolute Gasteiger partial charge is 0.460 e. The fourth-order valence-corrected chi connectivity index (χ4v) is 4.02. The molecule has 6 heteroatoms. The number of piperidine rings is 2. The van der Waals surface area contributed by atoms with E-state index in [0.717, 1.165) is 31.6 Å². The number of benzene rings is 1. The van der Waals surface area contributed by atoms with E-state index < -0.39 is 18.1 Å². The Bertz CT molecular complexity index is 604. The fraction of sp³-hybridized carbons (Fsp3) is 0.667. The number of hydrogen-bond donors (Lipinski definition) is 2. The minimum Gasteiger partial charge on any atom is -0.460 e. The van der Waals surface area contributed by atoms with Gasteiger partial charge in [0.05, 0.1) is 5.60 Å². The standard InChI is InChI=1S/C21H32N2O4/c1-21(2,3)27-20(25)22-18(16-9-5-4-6-10-16)19(24)26-17-12-15-8-7-11-23(13-15)14-17/h4-6,9-10,15,17-18,20,22,25H,7-8,11-14H2,1-3H3/t15?,17-,18-,20?/m1/s1. The molecular weight excluding hydrogens is 344 g/mol. The number of carbonyl (C=O) groups is 1. The molecule has 1 aromatic rings. The number of carbonyl (C=O) groups excluding carboxylic acids is 1. The Balaban J connectivity index is 1.67. The van der Waals surface area contributed by atoms with E-state index in [2.05, 4.69) is 10.2 Å². The third-order valence-electron chi connectivity index (χ3n) is 5.09. The molecule has 6 nitrogen and oxygen atoms in total. The highest BCUT2D eigenvalue weighted by Crippen LogP contribution is 2.28. The fourth-order valence-electron chi connectivity index (χ4n) is 4.02. The van der Waals surface area contributed by atoms with Gasteiger partial charge < -0.3 is 14.6 Å². The topological polar surface area (TPSA) is 71.0 Å². The number of nitrogens with one attached hydrogen (secondary N) is 1. The Hall–Kier alpha value is -1.47. The molecule has 2 fully saturated rings. The molecule has 2 N–H and O–H groups in total. The molecule has 2 heterocycles. The number of nitrogens with zero attached hydrogens (tertiary/aromatic N) is 1. The molecule has 5 atom stereocenters. The number of hydrogen-bond acceptors (Lipinski definition) is 6. The van der Waals surface area contributed by atoms with Gasteiger partial charge in [0.25, 0.3) is 0 Å². The molecule has 0 aromatic heterocycles. The van der Waals surface area contributed by atoms with Crippen molar-refractivity contribution in [2.45, 2.75) is 64.2 Å². The van der Waals surface area contributed by atoms with Crippen molar-refractivity contribution in [1.29, 1.82) is 0 Å². The summed E-state index contributed by atoms with van der Waals surface area (Å²) in [5.74, 6) is 0.243. The van der Waals surface area contributed by atoms with Crippen molar-refractivity contribution in [2.24, 2.45) is 5.92 Å². The molecule has 2 saturated heterocycles. The molecule has 0 aliphatic carbocycles. The summed E-state index contributed by atoms with van der Waals surface area (Å²) in [5, 5.41) is 13.1. The SMILES string of the molecule is CC(C)(C)OC(O)N[C@@H](C(=O)O[C@@H]1CC2CCCN(C2)C1)c1ccccc1. The summed E-state index contributed by atoms with van der Waals surface area (Å²) in [6, 6.07) is 8.55. The second-order valence-electron chi connectivity index (χ2n) is 8.66. The van der Waals surface area contributed by atoms with E-state index in [9.17, 15) is 9.90 Å². The van der Waals surface area contributed by atoms with Crippen LogP contribution in [0.4, 0.5) is 0 Å². The summed E-state index contributed by atoms with van der Waals surface area (Å²) in [4.78, 5) is 15.3. The van der Waals surface area contributed by atoms with E-state index >= 15 is 0 Å². The van der Waals surface area contributed by atoms with Crippen molar-refractivity contribution >= 4 is 5.97 Å². The molecule has 2 aliphatic heterocycles.